The molecule has 0 spiro atoms. The van der Waals surface area contributed by atoms with E-state index in [1.54, 1.807) is 0 Å². The van der Waals surface area contributed by atoms with E-state index in [2.05, 4.69) is 36.9 Å². The maximum Gasteiger partial charge on any atom is 0.0642 e. The third-order valence-corrected chi connectivity index (χ3v) is 3.96. The number of benzene rings is 1. The van der Waals surface area contributed by atoms with Crippen molar-refractivity contribution in [2.24, 2.45) is 17.6 Å². The minimum absolute atomic E-state index is 0.674. The Morgan fingerprint density at radius 1 is 1.28 bits per heavy atom. The molecule has 1 aromatic carbocycles. The van der Waals surface area contributed by atoms with Gasteiger partial charge in [-0.05, 0) is 48.9 Å². The molecule has 0 aliphatic carbocycles. The Kier molecular flexibility index (Phi) is 4.52. The third kappa shape index (κ3) is 3.18. The molecule has 0 aromatic heterocycles. The van der Waals surface area contributed by atoms with Crippen LogP contribution in [0.15, 0.2) is 18.2 Å². The highest BCUT2D eigenvalue weighted by molar-refractivity contribution is 6.33. The van der Waals surface area contributed by atoms with Crippen LogP contribution in [0, 0.1) is 11.8 Å². The fourth-order valence-electron chi connectivity index (χ4n) is 2.99. The van der Waals surface area contributed by atoms with Crippen molar-refractivity contribution in [3.8, 4) is 0 Å². The monoisotopic (exact) mass is 266 g/mol. The Morgan fingerprint density at radius 2 is 1.94 bits per heavy atom. The zero-order chi connectivity index (χ0) is 13.1. The van der Waals surface area contributed by atoms with Crippen molar-refractivity contribution < 1.29 is 0 Å². The van der Waals surface area contributed by atoms with Crippen LogP contribution in [0.25, 0.3) is 0 Å². The van der Waals surface area contributed by atoms with Gasteiger partial charge in [0.15, 0.2) is 0 Å². The molecule has 2 rings (SSSR count). The van der Waals surface area contributed by atoms with Crippen LogP contribution in [0.2, 0.25) is 5.02 Å². The summed E-state index contributed by atoms with van der Waals surface area (Å²) in [5.74, 6) is 1.49. The topological polar surface area (TPSA) is 29.3 Å². The van der Waals surface area contributed by atoms with Gasteiger partial charge in [0.2, 0.25) is 0 Å². The highest BCUT2D eigenvalue weighted by Crippen LogP contribution is 2.32. The molecule has 0 saturated carbocycles. The maximum atomic E-state index is 6.41. The van der Waals surface area contributed by atoms with Gasteiger partial charge >= 0.3 is 0 Å². The van der Waals surface area contributed by atoms with Crippen molar-refractivity contribution in [2.75, 3.05) is 24.5 Å². The number of anilines is 1. The summed E-state index contributed by atoms with van der Waals surface area (Å²) in [4.78, 5) is 2.42. The Balaban J connectivity index is 2.17. The number of hydrogen-bond acceptors (Lipinski definition) is 2. The molecular weight excluding hydrogens is 244 g/mol. The number of nitrogens with zero attached hydrogens (tertiary/aromatic N) is 1. The van der Waals surface area contributed by atoms with E-state index in [0.717, 1.165) is 36.4 Å². The summed E-state index contributed by atoms with van der Waals surface area (Å²) in [5.41, 5.74) is 7.98. The average molecular weight is 267 g/mol. The number of piperidine rings is 1. The molecule has 100 valence electrons. The van der Waals surface area contributed by atoms with Gasteiger partial charge in [-0.2, -0.15) is 0 Å². The van der Waals surface area contributed by atoms with Gasteiger partial charge in [-0.25, -0.2) is 0 Å². The van der Waals surface area contributed by atoms with Gasteiger partial charge in [0.1, 0.15) is 0 Å². The number of hydrogen-bond donors (Lipinski definition) is 1. The molecule has 2 atom stereocenters. The van der Waals surface area contributed by atoms with Gasteiger partial charge in [0.05, 0.1) is 10.7 Å². The molecule has 2 unspecified atom stereocenters. The largest absolute Gasteiger partial charge is 0.370 e. The van der Waals surface area contributed by atoms with Crippen LogP contribution >= 0.6 is 11.6 Å². The van der Waals surface area contributed by atoms with E-state index in [0.29, 0.717) is 6.54 Å². The van der Waals surface area contributed by atoms with E-state index in [-0.39, 0.29) is 0 Å². The maximum absolute atomic E-state index is 6.41. The molecule has 3 heteroatoms. The second kappa shape index (κ2) is 5.94. The lowest BCUT2D eigenvalue weighted by molar-refractivity contribution is 0.357. The van der Waals surface area contributed by atoms with E-state index in [1.165, 1.54) is 17.7 Å². The SMILES string of the molecule is CC1CC(C)CN(c2ccc(CCN)cc2Cl)C1. The fourth-order valence-corrected chi connectivity index (χ4v) is 3.31. The molecule has 1 aliphatic rings. The molecule has 1 aliphatic heterocycles. The van der Waals surface area contributed by atoms with Crippen LogP contribution in [0.3, 0.4) is 0 Å². The van der Waals surface area contributed by atoms with E-state index >= 15 is 0 Å². The van der Waals surface area contributed by atoms with E-state index in [9.17, 15) is 0 Å². The van der Waals surface area contributed by atoms with Crippen molar-refractivity contribution >= 4 is 17.3 Å². The molecule has 0 bridgehead atoms. The molecule has 2 N–H and O–H groups in total. The molecule has 2 nitrogen and oxygen atoms in total. The van der Waals surface area contributed by atoms with Gasteiger partial charge in [-0.1, -0.05) is 31.5 Å². The molecule has 1 aromatic rings. The Labute approximate surface area is 115 Å². The summed E-state index contributed by atoms with van der Waals surface area (Å²) in [5, 5.41) is 0.863. The molecule has 18 heavy (non-hydrogen) atoms. The molecule has 1 saturated heterocycles. The summed E-state index contributed by atoms with van der Waals surface area (Å²) in [6, 6.07) is 6.36. The molecular formula is C15H23ClN2. The number of halogens is 1. The van der Waals surface area contributed by atoms with Crippen molar-refractivity contribution in [1.82, 2.24) is 0 Å². The number of nitrogens with two attached hydrogens (primary N) is 1. The van der Waals surface area contributed by atoms with Gasteiger partial charge in [0.25, 0.3) is 0 Å². The average Bonchev–Trinajstić information content (AvgIpc) is 2.28. The van der Waals surface area contributed by atoms with E-state index in [1.807, 2.05) is 0 Å². The molecule has 1 heterocycles. The van der Waals surface area contributed by atoms with Gasteiger partial charge < -0.3 is 10.6 Å². The highest BCUT2D eigenvalue weighted by Gasteiger charge is 2.23. The van der Waals surface area contributed by atoms with Crippen LogP contribution in [-0.2, 0) is 6.42 Å². The minimum atomic E-state index is 0.674. The van der Waals surface area contributed by atoms with Gasteiger partial charge in [-0.15, -0.1) is 0 Å². The predicted octanol–water partition coefficient (Wildman–Crippen LogP) is 3.32. The second-order valence-electron chi connectivity index (χ2n) is 5.68. The Bertz CT molecular complexity index is 395. The summed E-state index contributed by atoms with van der Waals surface area (Å²) in [6.45, 7) is 7.53. The molecule has 1 fully saturated rings. The first-order valence-corrected chi connectivity index (χ1v) is 7.21. The van der Waals surface area contributed by atoms with Gasteiger partial charge in [-0.3, -0.25) is 0 Å². The van der Waals surface area contributed by atoms with Crippen LogP contribution in [-0.4, -0.2) is 19.6 Å². The zero-order valence-electron chi connectivity index (χ0n) is 11.3. The summed E-state index contributed by atoms with van der Waals surface area (Å²) in [7, 11) is 0. The van der Waals surface area contributed by atoms with Crippen molar-refractivity contribution in [3.05, 3.63) is 28.8 Å². The zero-order valence-corrected chi connectivity index (χ0v) is 12.1. The third-order valence-electron chi connectivity index (χ3n) is 3.65. The number of rotatable bonds is 3. The second-order valence-corrected chi connectivity index (χ2v) is 6.08. The first-order valence-electron chi connectivity index (χ1n) is 6.83. The Morgan fingerprint density at radius 3 is 2.50 bits per heavy atom. The van der Waals surface area contributed by atoms with Crippen molar-refractivity contribution in [1.29, 1.82) is 0 Å². The van der Waals surface area contributed by atoms with Crippen LogP contribution in [0.4, 0.5) is 5.69 Å². The summed E-state index contributed by atoms with van der Waals surface area (Å²) >= 11 is 6.41. The first kappa shape index (κ1) is 13.7. The highest BCUT2D eigenvalue weighted by atomic mass is 35.5. The summed E-state index contributed by atoms with van der Waals surface area (Å²) in [6.07, 6.45) is 2.21. The van der Waals surface area contributed by atoms with Gasteiger partial charge in [0, 0.05) is 13.1 Å². The van der Waals surface area contributed by atoms with Crippen molar-refractivity contribution in [2.45, 2.75) is 26.7 Å². The summed E-state index contributed by atoms with van der Waals surface area (Å²) < 4.78 is 0. The van der Waals surface area contributed by atoms with E-state index < -0.39 is 0 Å². The standard InChI is InChI=1S/C15H23ClN2/c1-11-7-12(2)10-18(9-11)15-4-3-13(5-6-17)8-14(15)16/h3-4,8,11-12H,5-7,9-10,17H2,1-2H3. The molecule has 0 amide bonds. The lowest BCUT2D eigenvalue weighted by Gasteiger charge is -2.37. The normalized spacial score (nSPS) is 24.3. The minimum Gasteiger partial charge on any atom is -0.370 e. The lowest BCUT2D eigenvalue weighted by atomic mass is 9.91. The fraction of sp³-hybridized carbons (Fsp3) is 0.600. The molecule has 0 radical (unpaired) electrons. The quantitative estimate of drug-likeness (QED) is 0.909. The Hall–Kier alpha value is -0.730. The first-order chi connectivity index (χ1) is 8.60. The van der Waals surface area contributed by atoms with Crippen LogP contribution < -0.4 is 10.6 Å². The lowest BCUT2D eigenvalue weighted by Crippen LogP contribution is -2.38. The van der Waals surface area contributed by atoms with Crippen LogP contribution in [0.5, 0.6) is 0 Å². The van der Waals surface area contributed by atoms with Crippen LogP contribution in [0.1, 0.15) is 25.8 Å². The van der Waals surface area contributed by atoms with Crippen molar-refractivity contribution in [3.63, 3.8) is 0 Å². The van der Waals surface area contributed by atoms with E-state index in [4.69, 9.17) is 17.3 Å². The predicted molar refractivity (Wildman–Crippen MR) is 79.4 cm³/mol. The smallest absolute Gasteiger partial charge is 0.0642 e.